The van der Waals surface area contributed by atoms with Crippen molar-refractivity contribution in [3.63, 3.8) is 0 Å². The largest absolute Gasteiger partial charge is 0.323 e. The molecule has 4 N–H and O–H groups in total. The number of hydrazine groups is 1. The minimum absolute atomic E-state index is 0.0549. The fourth-order valence-corrected chi connectivity index (χ4v) is 3.50. The number of hydrogen-bond acceptors (Lipinski definition) is 7. The molecule has 1 atom stereocenters. The molecule has 2 heterocycles. The average molecular weight is 314 g/mol. The van der Waals surface area contributed by atoms with E-state index in [0.29, 0.717) is 12.2 Å². The Kier molecular flexibility index (Phi) is 5.12. The van der Waals surface area contributed by atoms with E-state index in [9.17, 15) is 8.42 Å². The summed E-state index contributed by atoms with van der Waals surface area (Å²) in [6, 6.07) is 1.67. The molecule has 0 radical (unpaired) electrons. The highest BCUT2D eigenvalue weighted by molar-refractivity contribution is 7.89. The van der Waals surface area contributed by atoms with Gasteiger partial charge in [-0.25, -0.2) is 13.1 Å². The SMILES string of the molecule is CN1CCN(C)C(CNS(=O)(=O)c2cnccc2NN)C1. The summed E-state index contributed by atoms with van der Waals surface area (Å²) in [7, 11) is 0.393. The van der Waals surface area contributed by atoms with Gasteiger partial charge in [0.05, 0.1) is 5.69 Å². The number of nitrogen functional groups attached to an aromatic ring is 1. The Bertz CT molecular complexity index is 579. The van der Waals surface area contributed by atoms with Crippen LogP contribution in [0.2, 0.25) is 0 Å². The number of anilines is 1. The summed E-state index contributed by atoms with van der Waals surface area (Å²) in [6.07, 6.45) is 2.77. The van der Waals surface area contributed by atoms with Gasteiger partial charge in [-0.1, -0.05) is 0 Å². The predicted molar refractivity (Wildman–Crippen MR) is 81.2 cm³/mol. The summed E-state index contributed by atoms with van der Waals surface area (Å²) in [5.74, 6) is 5.34. The van der Waals surface area contributed by atoms with Crippen LogP contribution in [0.3, 0.4) is 0 Å². The molecule has 1 fully saturated rings. The first kappa shape index (κ1) is 16.1. The molecule has 0 saturated carbocycles. The maximum atomic E-state index is 12.4. The molecule has 2 rings (SSSR count). The number of nitrogens with zero attached hydrogens (tertiary/aromatic N) is 3. The van der Waals surface area contributed by atoms with Crippen molar-refractivity contribution in [2.45, 2.75) is 10.9 Å². The van der Waals surface area contributed by atoms with E-state index >= 15 is 0 Å². The van der Waals surface area contributed by atoms with Gasteiger partial charge >= 0.3 is 0 Å². The summed E-state index contributed by atoms with van der Waals surface area (Å²) in [5.41, 5.74) is 2.70. The number of sulfonamides is 1. The van der Waals surface area contributed by atoms with Gasteiger partial charge < -0.3 is 10.3 Å². The zero-order valence-corrected chi connectivity index (χ0v) is 13.1. The molecule has 1 aliphatic rings. The topological polar surface area (TPSA) is 104 Å². The third-order valence-corrected chi connectivity index (χ3v) is 5.17. The second-order valence-corrected chi connectivity index (χ2v) is 7.00. The Balaban J connectivity index is 2.07. The number of rotatable bonds is 5. The highest BCUT2D eigenvalue weighted by Gasteiger charge is 2.25. The molecule has 1 saturated heterocycles. The highest BCUT2D eigenvalue weighted by Crippen LogP contribution is 2.18. The lowest BCUT2D eigenvalue weighted by Crippen LogP contribution is -2.54. The summed E-state index contributed by atoms with van der Waals surface area (Å²) in [5, 5.41) is 0. The van der Waals surface area contributed by atoms with Crippen molar-refractivity contribution in [3.8, 4) is 0 Å². The number of piperazine rings is 1. The van der Waals surface area contributed by atoms with Crippen molar-refractivity contribution >= 4 is 15.7 Å². The van der Waals surface area contributed by atoms with Crippen LogP contribution >= 0.6 is 0 Å². The van der Waals surface area contributed by atoms with Crippen LogP contribution in [0, 0.1) is 0 Å². The molecule has 0 spiro atoms. The molecule has 0 aliphatic carbocycles. The minimum Gasteiger partial charge on any atom is -0.323 e. The van der Waals surface area contributed by atoms with Crippen LogP contribution in [-0.4, -0.2) is 69.5 Å². The Morgan fingerprint density at radius 2 is 2.19 bits per heavy atom. The van der Waals surface area contributed by atoms with Gasteiger partial charge in [-0.15, -0.1) is 0 Å². The Morgan fingerprint density at radius 3 is 2.90 bits per heavy atom. The first-order chi connectivity index (χ1) is 9.94. The molecule has 0 amide bonds. The lowest BCUT2D eigenvalue weighted by atomic mass is 10.2. The van der Waals surface area contributed by atoms with Crippen molar-refractivity contribution in [1.29, 1.82) is 0 Å². The third kappa shape index (κ3) is 3.89. The normalized spacial score (nSPS) is 21.4. The maximum absolute atomic E-state index is 12.4. The predicted octanol–water partition coefficient (Wildman–Crippen LogP) is -1.11. The number of nitrogens with two attached hydrogens (primary N) is 1. The lowest BCUT2D eigenvalue weighted by molar-refractivity contribution is 0.117. The van der Waals surface area contributed by atoms with Crippen molar-refractivity contribution in [1.82, 2.24) is 19.5 Å². The molecule has 1 aromatic rings. The van der Waals surface area contributed by atoms with E-state index < -0.39 is 10.0 Å². The van der Waals surface area contributed by atoms with Crippen molar-refractivity contribution < 1.29 is 8.42 Å². The van der Waals surface area contributed by atoms with Gasteiger partial charge in [0, 0.05) is 44.6 Å². The standard InChI is InChI=1S/C12H22N6O2S/c1-17-5-6-18(2)10(9-17)7-15-21(19,20)12-8-14-4-3-11(12)16-13/h3-4,8,10,15H,5-7,9,13H2,1-2H3,(H,14,16). The molecule has 0 aromatic carbocycles. The van der Waals surface area contributed by atoms with E-state index in [2.05, 4.69) is 24.9 Å². The van der Waals surface area contributed by atoms with Gasteiger partial charge in [0.15, 0.2) is 0 Å². The van der Waals surface area contributed by atoms with Crippen LogP contribution < -0.4 is 16.0 Å². The van der Waals surface area contributed by atoms with Crippen LogP contribution in [0.5, 0.6) is 0 Å². The monoisotopic (exact) mass is 314 g/mol. The van der Waals surface area contributed by atoms with Crippen molar-refractivity contribution in [3.05, 3.63) is 18.5 Å². The number of nitrogens with one attached hydrogen (secondary N) is 2. The number of hydrogen-bond donors (Lipinski definition) is 3. The van der Waals surface area contributed by atoms with Gasteiger partial charge in [0.25, 0.3) is 0 Å². The molecule has 1 aliphatic heterocycles. The highest BCUT2D eigenvalue weighted by atomic mass is 32.2. The quantitative estimate of drug-likeness (QED) is 0.468. The molecular formula is C12H22N6O2S. The summed E-state index contributed by atoms with van der Waals surface area (Å²) >= 11 is 0. The fraction of sp³-hybridized carbons (Fsp3) is 0.583. The second-order valence-electron chi connectivity index (χ2n) is 5.26. The average Bonchev–Trinajstić information content (AvgIpc) is 2.48. The van der Waals surface area contributed by atoms with E-state index in [0.717, 1.165) is 19.6 Å². The number of aromatic nitrogens is 1. The Labute approximate surface area is 125 Å². The van der Waals surface area contributed by atoms with Crippen molar-refractivity contribution in [2.24, 2.45) is 5.84 Å². The lowest BCUT2D eigenvalue weighted by Gasteiger charge is -2.37. The van der Waals surface area contributed by atoms with Crippen molar-refractivity contribution in [2.75, 3.05) is 45.7 Å². The summed E-state index contributed by atoms with van der Waals surface area (Å²) in [6.45, 7) is 3.09. The zero-order chi connectivity index (χ0) is 15.5. The molecular weight excluding hydrogens is 292 g/mol. The van der Waals surface area contributed by atoms with Gasteiger partial charge in [-0.3, -0.25) is 15.7 Å². The van der Waals surface area contributed by atoms with Crippen LogP contribution in [0.15, 0.2) is 23.4 Å². The fourth-order valence-electron chi connectivity index (χ4n) is 2.32. The molecule has 118 valence electrons. The molecule has 8 nitrogen and oxygen atoms in total. The molecule has 0 bridgehead atoms. The van der Waals surface area contributed by atoms with Gasteiger partial charge in [-0.2, -0.15) is 0 Å². The minimum atomic E-state index is -3.64. The van der Waals surface area contributed by atoms with Crippen LogP contribution in [0.1, 0.15) is 0 Å². The van der Waals surface area contributed by atoms with Gasteiger partial charge in [0.2, 0.25) is 10.0 Å². The van der Waals surface area contributed by atoms with E-state index in [1.54, 1.807) is 0 Å². The number of pyridine rings is 1. The van der Waals surface area contributed by atoms with E-state index in [4.69, 9.17) is 5.84 Å². The molecule has 1 unspecified atom stereocenters. The zero-order valence-electron chi connectivity index (χ0n) is 12.3. The first-order valence-electron chi connectivity index (χ1n) is 6.73. The van der Waals surface area contributed by atoms with Crippen LogP contribution in [-0.2, 0) is 10.0 Å². The third-order valence-electron chi connectivity index (χ3n) is 3.72. The van der Waals surface area contributed by atoms with E-state index in [1.165, 1.54) is 18.5 Å². The molecule has 9 heteroatoms. The van der Waals surface area contributed by atoms with Gasteiger partial charge in [0.1, 0.15) is 4.90 Å². The molecule has 1 aromatic heterocycles. The number of likely N-dealkylation sites (N-methyl/N-ethyl adjacent to an activating group) is 2. The van der Waals surface area contributed by atoms with Crippen LogP contribution in [0.25, 0.3) is 0 Å². The van der Waals surface area contributed by atoms with E-state index in [1.807, 2.05) is 14.1 Å². The summed E-state index contributed by atoms with van der Waals surface area (Å²) < 4.78 is 27.4. The summed E-state index contributed by atoms with van der Waals surface area (Å²) in [4.78, 5) is 8.25. The maximum Gasteiger partial charge on any atom is 0.244 e. The van der Waals surface area contributed by atoms with Gasteiger partial charge in [-0.05, 0) is 20.2 Å². The Morgan fingerprint density at radius 1 is 1.43 bits per heavy atom. The van der Waals surface area contributed by atoms with E-state index in [-0.39, 0.29) is 10.9 Å². The smallest absolute Gasteiger partial charge is 0.244 e. The second kappa shape index (κ2) is 6.67. The Hall–Kier alpha value is -1.26. The van der Waals surface area contributed by atoms with Crippen LogP contribution in [0.4, 0.5) is 5.69 Å². The first-order valence-corrected chi connectivity index (χ1v) is 8.21. The molecule has 21 heavy (non-hydrogen) atoms.